The molecular formula is C25H25F2N3O3S. The molecule has 6 nitrogen and oxygen atoms in total. The van der Waals surface area contributed by atoms with Gasteiger partial charge in [0.25, 0.3) is 15.9 Å². The lowest BCUT2D eigenvalue weighted by molar-refractivity contribution is 0.0910. The molecule has 0 unspecified atom stereocenters. The van der Waals surface area contributed by atoms with Crippen molar-refractivity contribution in [2.75, 3.05) is 17.8 Å². The fourth-order valence-corrected chi connectivity index (χ4v) is 5.05. The maximum absolute atomic E-state index is 13.5. The third kappa shape index (κ3) is 5.78. The lowest BCUT2D eigenvalue weighted by Crippen LogP contribution is -2.44. The molecule has 1 aliphatic rings. The summed E-state index contributed by atoms with van der Waals surface area (Å²) in [4.78, 5) is 14.9. The van der Waals surface area contributed by atoms with Crippen molar-refractivity contribution in [3.63, 3.8) is 0 Å². The quantitative estimate of drug-likeness (QED) is 0.527. The first-order valence-electron chi connectivity index (χ1n) is 11.0. The molecule has 9 heteroatoms. The maximum atomic E-state index is 13.5. The van der Waals surface area contributed by atoms with Crippen molar-refractivity contribution in [2.24, 2.45) is 0 Å². The average Bonchev–Trinajstić information content (AvgIpc) is 2.83. The van der Waals surface area contributed by atoms with E-state index >= 15 is 0 Å². The van der Waals surface area contributed by atoms with Crippen LogP contribution in [0.2, 0.25) is 0 Å². The highest BCUT2D eigenvalue weighted by molar-refractivity contribution is 7.92. The molecule has 4 rings (SSSR count). The van der Waals surface area contributed by atoms with Gasteiger partial charge in [0.05, 0.1) is 16.1 Å². The van der Waals surface area contributed by atoms with Gasteiger partial charge in [-0.2, -0.15) is 0 Å². The lowest BCUT2D eigenvalue weighted by Gasteiger charge is -2.32. The summed E-state index contributed by atoms with van der Waals surface area (Å²) in [5, 5.41) is 2.99. The first-order valence-corrected chi connectivity index (χ1v) is 12.4. The number of anilines is 1. The maximum Gasteiger partial charge on any atom is 0.262 e. The fraction of sp³-hybridized carbons (Fsp3) is 0.240. The number of amides is 1. The van der Waals surface area contributed by atoms with Gasteiger partial charge in [0.2, 0.25) is 0 Å². The number of nitrogens with zero attached hydrogens (tertiary/aromatic N) is 1. The Kier molecular flexibility index (Phi) is 7.23. The van der Waals surface area contributed by atoms with E-state index in [-0.39, 0.29) is 17.3 Å². The smallest absolute Gasteiger partial charge is 0.262 e. The molecule has 0 bridgehead atoms. The number of para-hydroxylation sites is 1. The minimum absolute atomic E-state index is 0.0321. The highest BCUT2D eigenvalue weighted by Crippen LogP contribution is 2.22. The van der Waals surface area contributed by atoms with E-state index < -0.39 is 32.5 Å². The zero-order valence-corrected chi connectivity index (χ0v) is 19.2. The van der Waals surface area contributed by atoms with Crippen LogP contribution in [0.4, 0.5) is 14.5 Å². The molecule has 2 N–H and O–H groups in total. The first kappa shape index (κ1) is 23.8. The van der Waals surface area contributed by atoms with Crippen LogP contribution in [-0.4, -0.2) is 38.4 Å². The summed E-state index contributed by atoms with van der Waals surface area (Å²) in [7, 11) is -4.22. The molecule has 1 aliphatic heterocycles. The molecule has 3 aromatic carbocycles. The average molecular weight is 486 g/mol. The predicted octanol–water partition coefficient (Wildman–Crippen LogP) is 4.16. The van der Waals surface area contributed by atoms with Crippen LogP contribution in [0, 0.1) is 11.6 Å². The molecular weight excluding hydrogens is 460 g/mol. The molecule has 0 aromatic heterocycles. The highest BCUT2D eigenvalue weighted by Gasteiger charge is 2.24. The molecule has 1 saturated heterocycles. The fourth-order valence-electron chi connectivity index (χ4n) is 3.96. The predicted molar refractivity (Wildman–Crippen MR) is 126 cm³/mol. The topological polar surface area (TPSA) is 78.5 Å². The second kappa shape index (κ2) is 10.3. The van der Waals surface area contributed by atoms with E-state index in [1.54, 1.807) is 12.1 Å². The molecule has 0 saturated carbocycles. The highest BCUT2D eigenvalue weighted by atomic mass is 32.2. The minimum atomic E-state index is -4.22. The monoisotopic (exact) mass is 485 g/mol. The number of carbonyl (C=O) groups is 1. The number of likely N-dealkylation sites (tertiary alicyclic amines) is 1. The van der Waals surface area contributed by atoms with Crippen molar-refractivity contribution >= 4 is 21.6 Å². The van der Waals surface area contributed by atoms with E-state index in [0.717, 1.165) is 44.6 Å². The second-order valence-corrected chi connectivity index (χ2v) is 9.92. The summed E-state index contributed by atoms with van der Waals surface area (Å²) in [5.41, 5.74) is 1.46. The summed E-state index contributed by atoms with van der Waals surface area (Å²) in [6, 6.07) is 18.7. The molecule has 0 atom stereocenters. The molecule has 0 radical (unpaired) electrons. The molecule has 34 heavy (non-hydrogen) atoms. The SMILES string of the molecule is O=C(NC1CCN(Cc2ccccc2)CC1)c1ccccc1NS(=O)(=O)c1ccc(F)c(F)c1. The van der Waals surface area contributed by atoms with Crippen LogP contribution in [-0.2, 0) is 16.6 Å². The van der Waals surface area contributed by atoms with E-state index in [2.05, 4.69) is 27.1 Å². The minimum Gasteiger partial charge on any atom is -0.349 e. The van der Waals surface area contributed by atoms with Crippen molar-refractivity contribution in [3.8, 4) is 0 Å². The Bertz CT molecular complexity index is 1260. The molecule has 0 spiro atoms. The first-order chi connectivity index (χ1) is 16.3. The third-order valence-electron chi connectivity index (χ3n) is 5.79. The van der Waals surface area contributed by atoms with Gasteiger partial charge >= 0.3 is 0 Å². The van der Waals surface area contributed by atoms with Gasteiger partial charge in [0, 0.05) is 25.7 Å². The van der Waals surface area contributed by atoms with Gasteiger partial charge in [0.1, 0.15) is 0 Å². The van der Waals surface area contributed by atoms with Gasteiger partial charge in [0.15, 0.2) is 11.6 Å². The van der Waals surface area contributed by atoms with Gasteiger partial charge in [-0.3, -0.25) is 14.4 Å². The lowest BCUT2D eigenvalue weighted by atomic mass is 10.0. The van der Waals surface area contributed by atoms with Crippen LogP contribution in [0.15, 0.2) is 77.7 Å². The molecule has 3 aromatic rings. The number of hydrogen-bond acceptors (Lipinski definition) is 4. The van der Waals surface area contributed by atoms with Gasteiger partial charge in [-0.1, -0.05) is 42.5 Å². The van der Waals surface area contributed by atoms with Crippen LogP contribution in [0.5, 0.6) is 0 Å². The number of piperidine rings is 1. The Labute approximate surface area is 197 Å². The third-order valence-corrected chi connectivity index (χ3v) is 7.15. The number of benzene rings is 3. The normalized spacial score (nSPS) is 15.1. The number of rotatable bonds is 7. The number of sulfonamides is 1. The largest absolute Gasteiger partial charge is 0.349 e. The van der Waals surface area contributed by atoms with E-state index in [1.165, 1.54) is 17.7 Å². The zero-order chi connectivity index (χ0) is 24.1. The Hall–Kier alpha value is -3.30. The van der Waals surface area contributed by atoms with Gasteiger partial charge in [-0.15, -0.1) is 0 Å². The standard InChI is InChI=1S/C25H25F2N3O3S/c26-22-11-10-20(16-23(22)27)34(32,33)29-24-9-5-4-8-21(24)25(31)28-19-12-14-30(15-13-19)17-18-6-2-1-3-7-18/h1-11,16,19,29H,12-15,17H2,(H,28,31). The van der Waals surface area contributed by atoms with Crippen molar-refractivity contribution in [2.45, 2.75) is 30.3 Å². The van der Waals surface area contributed by atoms with E-state index in [0.29, 0.717) is 6.07 Å². The molecule has 1 amide bonds. The Morgan fingerprint density at radius 2 is 1.59 bits per heavy atom. The van der Waals surface area contributed by atoms with E-state index in [1.807, 2.05) is 18.2 Å². The van der Waals surface area contributed by atoms with Gasteiger partial charge < -0.3 is 5.32 Å². The van der Waals surface area contributed by atoms with Crippen LogP contribution >= 0.6 is 0 Å². The van der Waals surface area contributed by atoms with Crippen molar-refractivity contribution < 1.29 is 22.0 Å². The molecule has 1 fully saturated rings. The Morgan fingerprint density at radius 3 is 2.29 bits per heavy atom. The summed E-state index contributed by atoms with van der Waals surface area (Å²) in [5.74, 6) is -2.81. The summed E-state index contributed by atoms with van der Waals surface area (Å²) in [6.45, 7) is 2.53. The van der Waals surface area contributed by atoms with Crippen molar-refractivity contribution in [1.82, 2.24) is 10.2 Å². The van der Waals surface area contributed by atoms with E-state index in [4.69, 9.17) is 0 Å². The van der Waals surface area contributed by atoms with Crippen LogP contribution < -0.4 is 10.0 Å². The van der Waals surface area contributed by atoms with Gasteiger partial charge in [-0.25, -0.2) is 17.2 Å². The van der Waals surface area contributed by atoms with Crippen LogP contribution in [0.1, 0.15) is 28.8 Å². The molecule has 178 valence electrons. The van der Waals surface area contributed by atoms with Crippen molar-refractivity contribution in [3.05, 3.63) is 95.6 Å². The zero-order valence-electron chi connectivity index (χ0n) is 18.4. The van der Waals surface area contributed by atoms with Gasteiger partial charge in [-0.05, 0) is 48.7 Å². The van der Waals surface area contributed by atoms with E-state index in [9.17, 15) is 22.0 Å². The number of carbonyl (C=O) groups excluding carboxylic acids is 1. The van der Waals surface area contributed by atoms with Crippen molar-refractivity contribution in [1.29, 1.82) is 0 Å². The molecule has 1 heterocycles. The number of hydrogen-bond donors (Lipinski definition) is 2. The number of halogens is 2. The summed E-state index contributed by atoms with van der Waals surface area (Å²) >= 11 is 0. The molecule has 0 aliphatic carbocycles. The van der Waals surface area contributed by atoms with Crippen LogP contribution in [0.25, 0.3) is 0 Å². The Balaban J connectivity index is 1.39. The Morgan fingerprint density at radius 1 is 0.912 bits per heavy atom. The number of nitrogens with one attached hydrogen (secondary N) is 2. The summed E-state index contributed by atoms with van der Waals surface area (Å²) in [6.07, 6.45) is 1.56. The second-order valence-electron chi connectivity index (χ2n) is 8.24. The van der Waals surface area contributed by atoms with Crippen LogP contribution in [0.3, 0.4) is 0 Å². The summed E-state index contributed by atoms with van der Waals surface area (Å²) < 4.78 is 54.4.